The summed E-state index contributed by atoms with van der Waals surface area (Å²) < 4.78 is 21.9. The van der Waals surface area contributed by atoms with E-state index in [4.69, 9.17) is 18.9 Å². The van der Waals surface area contributed by atoms with Crippen LogP contribution in [0.4, 0.5) is 0 Å². The average Bonchev–Trinajstić information content (AvgIpc) is 3.31. The Labute approximate surface area is 192 Å². The molecule has 1 N–H and O–H groups in total. The molecule has 0 bridgehead atoms. The summed E-state index contributed by atoms with van der Waals surface area (Å²) in [7, 11) is 4.52. The second-order valence-corrected chi connectivity index (χ2v) is 8.02. The van der Waals surface area contributed by atoms with Crippen molar-refractivity contribution in [1.29, 1.82) is 0 Å². The largest absolute Gasteiger partial charge is 0.507 e. The van der Waals surface area contributed by atoms with Crippen LogP contribution in [-0.2, 0) is 20.7 Å². The number of para-hydroxylation sites is 1. The maximum atomic E-state index is 13.2. The van der Waals surface area contributed by atoms with Gasteiger partial charge in [-0.25, -0.2) is 0 Å². The molecule has 2 aliphatic rings. The molecule has 174 valence electrons. The number of Topliss-reactive ketones (excluding diaryl/α,β-unsaturated/α-hetero) is 1. The van der Waals surface area contributed by atoms with Gasteiger partial charge in [0.25, 0.3) is 11.7 Å². The van der Waals surface area contributed by atoms with Crippen molar-refractivity contribution in [2.24, 2.45) is 0 Å². The minimum Gasteiger partial charge on any atom is -0.507 e. The van der Waals surface area contributed by atoms with Gasteiger partial charge in [0.2, 0.25) is 0 Å². The molecule has 2 aromatic carbocycles. The molecule has 2 unspecified atom stereocenters. The summed E-state index contributed by atoms with van der Waals surface area (Å²) in [5.41, 5.74) is 1.92. The van der Waals surface area contributed by atoms with Gasteiger partial charge in [-0.15, -0.1) is 0 Å². The summed E-state index contributed by atoms with van der Waals surface area (Å²) in [5.74, 6) is -0.117. The molecule has 0 radical (unpaired) electrons. The summed E-state index contributed by atoms with van der Waals surface area (Å²) in [6.07, 6.45) is 0.740. The first-order valence-electron chi connectivity index (χ1n) is 10.7. The van der Waals surface area contributed by atoms with Crippen LogP contribution in [0, 0.1) is 0 Å². The molecule has 1 fully saturated rings. The van der Waals surface area contributed by atoms with Gasteiger partial charge < -0.3 is 29.0 Å². The number of hydrogen-bond donors (Lipinski definition) is 1. The number of amides is 1. The van der Waals surface area contributed by atoms with E-state index in [1.807, 2.05) is 6.92 Å². The number of likely N-dealkylation sites (tertiary alicyclic amines) is 1. The Hall–Kier alpha value is -3.52. The lowest BCUT2D eigenvalue weighted by molar-refractivity contribution is -0.140. The van der Waals surface area contributed by atoms with E-state index >= 15 is 0 Å². The summed E-state index contributed by atoms with van der Waals surface area (Å²) in [6.45, 7) is 2.36. The number of hydrogen-bond acceptors (Lipinski definition) is 7. The van der Waals surface area contributed by atoms with Gasteiger partial charge >= 0.3 is 0 Å². The summed E-state index contributed by atoms with van der Waals surface area (Å²) in [6, 6.07) is 9.63. The fraction of sp³-hybridized carbons (Fsp3) is 0.360. The molecule has 0 saturated carbocycles. The van der Waals surface area contributed by atoms with Gasteiger partial charge in [0, 0.05) is 31.2 Å². The molecule has 33 heavy (non-hydrogen) atoms. The van der Waals surface area contributed by atoms with Crippen LogP contribution in [0.2, 0.25) is 0 Å². The van der Waals surface area contributed by atoms with Gasteiger partial charge in [-0.3, -0.25) is 9.59 Å². The lowest BCUT2D eigenvalue weighted by atomic mass is 9.93. The average molecular weight is 453 g/mol. The molecular formula is C25H27NO7. The zero-order valence-electron chi connectivity index (χ0n) is 19.1. The second kappa shape index (κ2) is 9.15. The molecule has 2 aliphatic heterocycles. The fourth-order valence-electron chi connectivity index (χ4n) is 4.48. The standard InChI is InChI=1S/C25H27NO7/c1-14-12-16-13-15(8-9-18(16)33-14)22(27)20-21(26(10-11-30-2)25(29)23(20)28)17-6-5-7-19(31-3)24(17)32-4/h5-9,13-14,21,27H,10-12H2,1-4H3. The zero-order chi connectivity index (χ0) is 23.7. The zero-order valence-corrected chi connectivity index (χ0v) is 19.1. The smallest absolute Gasteiger partial charge is 0.295 e. The lowest BCUT2D eigenvalue weighted by Crippen LogP contribution is -2.32. The highest BCUT2D eigenvalue weighted by Crippen LogP contribution is 2.45. The third-order valence-electron chi connectivity index (χ3n) is 5.97. The van der Waals surface area contributed by atoms with Gasteiger partial charge in [0.05, 0.1) is 32.4 Å². The molecular weight excluding hydrogens is 426 g/mol. The van der Waals surface area contributed by atoms with E-state index in [1.54, 1.807) is 36.4 Å². The number of methoxy groups -OCH3 is 3. The van der Waals surface area contributed by atoms with Crippen LogP contribution < -0.4 is 14.2 Å². The Morgan fingerprint density at radius 2 is 1.94 bits per heavy atom. The van der Waals surface area contributed by atoms with Crippen molar-refractivity contribution in [3.05, 3.63) is 58.7 Å². The Morgan fingerprint density at radius 3 is 2.64 bits per heavy atom. The monoisotopic (exact) mass is 453 g/mol. The minimum atomic E-state index is -0.867. The quantitative estimate of drug-likeness (QED) is 0.391. The van der Waals surface area contributed by atoms with Crippen LogP contribution in [0.5, 0.6) is 17.2 Å². The van der Waals surface area contributed by atoms with Crippen molar-refractivity contribution in [1.82, 2.24) is 4.90 Å². The van der Waals surface area contributed by atoms with Gasteiger partial charge in [0.15, 0.2) is 11.5 Å². The molecule has 0 spiro atoms. The number of ether oxygens (including phenoxy) is 4. The number of rotatable bonds is 7. The molecule has 0 aromatic heterocycles. The maximum absolute atomic E-state index is 13.2. The fourth-order valence-corrected chi connectivity index (χ4v) is 4.48. The molecule has 2 aromatic rings. The molecule has 1 amide bonds. The van der Waals surface area contributed by atoms with E-state index in [2.05, 4.69) is 0 Å². The number of aliphatic hydroxyl groups is 1. The first-order chi connectivity index (χ1) is 15.9. The number of carbonyl (C=O) groups excluding carboxylic acids is 2. The van der Waals surface area contributed by atoms with Crippen LogP contribution in [0.15, 0.2) is 42.0 Å². The van der Waals surface area contributed by atoms with E-state index in [9.17, 15) is 14.7 Å². The predicted octanol–water partition coefficient (Wildman–Crippen LogP) is 3.10. The van der Waals surface area contributed by atoms with Gasteiger partial charge in [-0.1, -0.05) is 12.1 Å². The summed E-state index contributed by atoms with van der Waals surface area (Å²) in [5, 5.41) is 11.3. The SMILES string of the molecule is COCCN1C(=O)C(=O)C(=C(O)c2ccc3c(c2)CC(C)O3)C1c1cccc(OC)c1OC. The van der Waals surface area contributed by atoms with E-state index in [-0.39, 0.29) is 30.6 Å². The van der Waals surface area contributed by atoms with Crippen LogP contribution in [-0.4, -0.2) is 62.3 Å². The van der Waals surface area contributed by atoms with E-state index in [0.717, 1.165) is 11.3 Å². The number of nitrogens with zero attached hydrogens (tertiary/aromatic N) is 1. The third kappa shape index (κ3) is 3.91. The molecule has 0 aliphatic carbocycles. The predicted molar refractivity (Wildman–Crippen MR) is 121 cm³/mol. The second-order valence-electron chi connectivity index (χ2n) is 8.02. The Kier molecular flexibility index (Phi) is 6.29. The van der Waals surface area contributed by atoms with E-state index < -0.39 is 17.7 Å². The maximum Gasteiger partial charge on any atom is 0.295 e. The third-order valence-corrected chi connectivity index (χ3v) is 5.97. The van der Waals surface area contributed by atoms with Crippen LogP contribution in [0.3, 0.4) is 0 Å². The van der Waals surface area contributed by atoms with Gasteiger partial charge in [-0.2, -0.15) is 0 Å². The van der Waals surface area contributed by atoms with Crippen LogP contribution >= 0.6 is 0 Å². The number of carbonyl (C=O) groups is 2. The van der Waals surface area contributed by atoms with Crippen LogP contribution in [0.1, 0.15) is 29.7 Å². The Bertz CT molecular complexity index is 1120. The minimum absolute atomic E-state index is 0.00503. The van der Waals surface area contributed by atoms with E-state index in [0.29, 0.717) is 29.0 Å². The molecule has 2 atom stereocenters. The van der Waals surface area contributed by atoms with Gasteiger partial charge in [-0.05, 0) is 36.8 Å². The number of benzene rings is 2. The van der Waals surface area contributed by atoms with Crippen LogP contribution in [0.25, 0.3) is 5.76 Å². The van der Waals surface area contributed by atoms with Crippen molar-refractivity contribution in [3.63, 3.8) is 0 Å². The molecule has 8 heteroatoms. The van der Waals surface area contributed by atoms with Crippen molar-refractivity contribution < 1.29 is 33.6 Å². The number of fused-ring (bicyclic) bond motifs is 1. The first-order valence-corrected chi connectivity index (χ1v) is 10.7. The van der Waals surface area contributed by atoms with Crippen molar-refractivity contribution in [2.45, 2.75) is 25.5 Å². The highest BCUT2D eigenvalue weighted by atomic mass is 16.5. The van der Waals surface area contributed by atoms with Crippen molar-refractivity contribution >= 4 is 17.4 Å². The highest BCUT2D eigenvalue weighted by Gasteiger charge is 2.47. The molecule has 4 rings (SSSR count). The molecule has 1 saturated heterocycles. The normalized spacial score (nSPS) is 21.2. The van der Waals surface area contributed by atoms with Crippen molar-refractivity contribution in [3.8, 4) is 17.2 Å². The Balaban J connectivity index is 1.89. The number of aliphatic hydroxyl groups excluding tert-OH is 1. The van der Waals surface area contributed by atoms with Gasteiger partial charge in [0.1, 0.15) is 17.6 Å². The summed E-state index contributed by atoms with van der Waals surface area (Å²) in [4.78, 5) is 27.6. The van der Waals surface area contributed by atoms with E-state index in [1.165, 1.54) is 26.2 Å². The summed E-state index contributed by atoms with van der Waals surface area (Å²) >= 11 is 0. The Morgan fingerprint density at radius 1 is 1.15 bits per heavy atom. The highest BCUT2D eigenvalue weighted by molar-refractivity contribution is 6.46. The molecule has 2 heterocycles. The topological polar surface area (TPSA) is 94.5 Å². The lowest BCUT2D eigenvalue weighted by Gasteiger charge is -2.27. The molecule has 8 nitrogen and oxygen atoms in total. The first kappa shape index (κ1) is 22.7. The number of ketones is 1. The van der Waals surface area contributed by atoms with Crippen molar-refractivity contribution in [2.75, 3.05) is 34.5 Å².